The number of fused-ring (bicyclic) bond motifs is 20. The molecule has 9 rings (SSSR count). The minimum absolute atomic E-state index is 0. The van der Waals surface area contributed by atoms with E-state index in [2.05, 4.69) is 42.5 Å². The van der Waals surface area contributed by atoms with Crippen LogP contribution in [0.15, 0.2) is 0 Å². The second kappa shape index (κ2) is 14.3. The smallest absolute Gasteiger partial charge is 1.00 e. The van der Waals surface area contributed by atoms with Crippen molar-refractivity contribution < 1.29 is 60.7 Å². The minimum atomic E-state index is -4.16. The number of rotatable bonds is 1. The Balaban J connectivity index is 0.00000129. The Morgan fingerprint density at radius 3 is 0.978 bits per heavy atom. The molecule has 4 saturated carbocycles. The summed E-state index contributed by atoms with van der Waals surface area (Å²) in [6, 6.07) is 0. The Kier molecular flexibility index (Phi) is 11.0. The van der Waals surface area contributed by atoms with Crippen LogP contribution in [0.25, 0.3) is 0 Å². The molecule has 0 aromatic heterocycles. The zero-order chi connectivity index (χ0) is 29.6. The second-order valence-corrected chi connectivity index (χ2v) is 17.9. The van der Waals surface area contributed by atoms with Crippen LogP contribution in [0.5, 0.6) is 0 Å². The SMILES string of the molecule is O=S(=O)(O)C1CCCC2C3NC4NC(NC5NC(NC6NC(NC(N3)C21)C1CCCCC61)C1CCCCC51)C1CCCCC41.[Co].[H-].[Na+]. The van der Waals surface area contributed by atoms with Crippen molar-refractivity contribution in [3.8, 4) is 0 Å². The predicted molar refractivity (Wildman–Crippen MR) is 169 cm³/mol. The molecule has 0 aromatic carbocycles. The van der Waals surface area contributed by atoms with Crippen LogP contribution in [0.3, 0.4) is 0 Å². The van der Waals surface area contributed by atoms with Gasteiger partial charge in [0.15, 0.2) is 0 Å². The van der Waals surface area contributed by atoms with Crippen LogP contribution in [-0.2, 0) is 26.9 Å². The van der Waals surface area contributed by atoms with Gasteiger partial charge in [-0.25, -0.2) is 0 Å². The fourth-order valence-electron chi connectivity index (χ4n) is 12.3. The molecule has 9 aliphatic rings. The maximum absolute atomic E-state index is 12.8. The van der Waals surface area contributed by atoms with Crippen LogP contribution in [0.4, 0.5) is 0 Å². The van der Waals surface area contributed by atoms with Gasteiger partial charge in [0.25, 0.3) is 10.1 Å². The van der Waals surface area contributed by atoms with Crippen molar-refractivity contribution in [2.75, 3.05) is 0 Å². The van der Waals surface area contributed by atoms with E-state index < -0.39 is 15.4 Å². The van der Waals surface area contributed by atoms with Gasteiger partial charge in [-0.1, -0.05) is 44.9 Å². The van der Waals surface area contributed by atoms with Crippen molar-refractivity contribution in [1.29, 1.82) is 0 Å². The van der Waals surface area contributed by atoms with E-state index in [4.69, 9.17) is 0 Å². The van der Waals surface area contributed by atoms with Crippen molar-refractivity contribution in [1.82, 2.24) is 42.5 Å². The number of hydrogen-bond donors (Lipinski definition) is 9. The fourth-order valence-corrected chi connectivity index (χ4v) is 13.6. The molecule has 14 heteroatoms. The van der Waals surface area contributed by atoms with Gasteiger partial charge < -0.3 is 1.43 Å². The Hall–Kier alpha value is 1.10. The van der Waals surface area contributed by atoms with E-state index in [1.165, 1.54) is 77.0 Å². The molecule has 5 heterocycles. The average Bonchev–Trinajstić information content (AvgIpc) is 3.76. The van der Waals surface area contributed by atoms with Gasteiger partial charge in [-0.15, -0.1) is 0 Å². The molecule has 11 nitrogen and oxygen atoms in total. The van der Waals surface area contributed by atoms with Gasteiger partial charge >= 0.3 is 29.6 Å². The fraction of sp³-hybridized carbons (Fsp3) is 1.00. The molecule has 1 radical (unpaired) electrons. The van der Waals surface area contributed by atoms with Crippen molar-refractivity contribution in [2.24, 2.45) is 47.3 Å². The van der Waals surface area contributed by atoms with Gasteiger partial charge in [-0.3, -0.25) is 47.1 Å². The van der Waals surface area contributed by atoms with Crippen LogP contribution < -0.4 is 72.1 Å². The molecular formula is C32H57CoN8NaO3S. The first-order valence-corrected chi connectivity index (χ1v) is 20.0. The largest absolute Gasteiger partial charge is 1.00 e. The quantitative estimate of drug-likeness (QED) is 0.117. The summed E-state index contributed by atoms with van der Waals surface area (Å²) >= 11 is 0. The minimum Gasteiger partial charge on any atom is -1.00 e. The van der Waals surface area contributed by atoms with Gasteiger partial charge in [0, 0.05) is 22.7 Å². The summed E-state index contributed by atoms with van der Waals surface area (Å²) in [4.78, 5) is 0. The van der Waals surface area contributed by atoms with E-state index in [1.54, 1.807) is 0 Å². The molecule has 5 saturated heterocycles. The maximum Gasteiger partial charge on any atom is 1.00 e. The summed E-state index contributed by atoms with van der Waals surface area (Å²) in [6.45, 7) is 0. The Bertz CT molecular complexity index is 1200. The van der Waals surface area contributed by atoms with Gasteiger partial charge in [0.2, 0.25) is 0 Å². The average molecular weight is 716 g/mol. The third-order valence-corrected chi connectivity index (χ3v) is 15.5. The molecule has 0 amide bonds. The second-order valence-electron chi connectivity index (χ2n) is 16.2. The van der Waals surface area contributed by atoms with Crippen LogP contribution >= 0.6 is 0 Å². The number of nitrogens with one attached hydrogen (secondary N) is 8. The van der Waals surface area contributed by atoms with Crippen LogP contribution in [0.2, 0.25) is 0 Å². The first-order valence-electron chi connectivity index (χ1n) is 18.5. The Labute approximate surface area is 309 Å². The summed E-state index contributed by atoms with van der Waals surface area (Å²) in [5, 5.41) is 31.8. The van der Waals surface area contributed by atoms with Gasteiger partial charge in [-0.05, 0) is 92.8 Å². The first-order chi connectivity index (χ1) is 21.4. The van der Waals surface area contributed by atoms with Crippen LogP contribution in [-0.4, -0.2) is 67.5 Å². The molecule has 8 bridgehead atoms. The summed E-state index contributed by atoms with van der Waals surface area (Å²) in [5.74, 6) is 3.50. The molecular weight excluding hydrogens is 658 g/mol. The maximum atomic E-state index is 12.8. The third kappa shape index (κ3) is 6.29. The molecule has 0 spiro atoms. The molecule has 5 aliphatic heterocycles. The van der Waals surface area contributed by atoms with E-state index >= 15 is 0 Å². The van der Waals surface area contributed by atoms with Crippen molar-refractivity contribution >= 4 is 10.1 Å². The topological polar surface area (TPSA) is 151 Å². The molecule has 4 aliphatic carbocycles. The standard InChI is InChI=1S/C32H56N8O3S.Co.Na.H/c41-44(42,43)23-15-7-14-22-24(23)32-39-30-21-13-6-5-12-20(21)28(37-30)35-26-17-9-2-1-8-16(17)25(33-26)34-27-18-10-3-4-11-19(18)29(36-27)38-31(22)40-32;;;/h16-40H,1-15H2,(H,41,42,43);;;/q;;+1;-1. The molecule has 259 valence electrons. The van der Waals surface area contributed by atoms with Crippen LogP contribution in [0.1, 0.15) is 97.7 Å². The summed E-state index contributed by atoms with van der Waals surface area (Å²) in [5.41, 5.74) is 0. The number of hydrogen-bond acceptors (Lipinski definition) is 10. The third-order valence-electron chi connectivity index (χ3n) is 14.2. The Morgan fingerprint density at radius 2 is 0.674 bits per heavy atom. The Morgan fingerprint density at radius 1 is 0.413 bits per heavy atom. The molecule has 9 N–H and O–H groups in total. The van der Waals surface area contributed by atoms with E-state index in [9.17, 15) is 13.0 Å². The molecule has 0 aromatic rings. The zero-order valence-corrected chi connectivity index (χ0v) is 31.3. The normalized spacial score (nSPS) is 53.1. The van der Waals surface area contributed by atoms with Crippen molar-refractivity contribution in [3.05, 3.63) is 0 Å². The molecule has 46 heavy (non-hydrogen) atoms. The van der Waals surface area contributed by atoms with E-state index in [0.29, 0.717) is 54.3 Å². The van der Waals surface area contributed by atoms with Gasteiger partial charge in [0.1, 0.15) is 0 Å². The molecule has 17 atom stereocenters. The predicted octanol–water partition coefficient (Wildman–Crippen LogP) is -1.41. The summed E-state index contributed by atoms with van der Waals surface area (Å²) < 4.78 is 36.1. The zero-order valence-electron chi connectivity index (χ0n) is 28.4. The van der Waals surface area contributed by atoms with Crippen molar-refractivity contribution in [3.63, 3.8) is 0 Å². The van der Waals surface area contributed by atoms with Gasteiger partial charge in [-0.2, -0.15) is 8.42 Å². The van der Waals surface area contributed by atoms with Crippen molar-refractivity contribution in [2.45, 2.75) is 151 Å². The van der Waals surface area contributed by atoms with E-state index in [-0.39, 0.29) is 96.6 Å². The first kappa shape index (κ1) is 35.5. The van der Waals surface area contributed by atoms with Crippen LogP contribution in [0, 0.1) is 47.3 Å². The van der Waals surface area contributed by atoms with E-state index in [1.807, 2.05) is 0 Å². The van der Waals surface area contributed by atoms with Gasteiger partial charge in [0.05, 0.1) is 54.6 Å². The van der Waals surface area contributed by atoms with E-state index in [0.717, 1.165) is 12.8 Å². The summed E-state index contributed by atoms with van der Waals surface area (Å²) in [7, 11) is -4.16. The molecule has 17 unspecified atom stereocenters. The molecule has 9 fully saturated rings. The summed E-state index contributed by atoms with van der Waals surface area (Å²) in [6.07, 6.45) is 18.9. The monoisotopic (exact) mass is 715 g/mol.